The summed E-state index contributed by atoms with van der Waals surface area (Å²) in [6.45, 7) is 0. The summed E-state index contributed by atoms with van der Waals surface area (Å²) in [5.74, 6) is 1.69. The van der Waals surface area contributed by atoms with Crippen LogP contribution in [-0.2, 0) is 6.42 Å². The van der Waals surface area contributed by atoms with Crippen LogP contribution in [0.5, 0.6) is 11.5 Å². The Morgan fingerprint density at radius 2 is 1.95 bits per heavy atom. The van der Waals surface area contributed by atoms with Crippen molar-refractivity contribution >= 4 is 17.3 Å². The highest BCUT2D eigenvalue weighted by atomic mass is 35.5. The van der Waals surface area contributed by atoms with Crippen LogP contribution >= 0.6 is 11.6 Å². The maximum Gasteiger partial charge on any atom is 0.124 e. The lowest BCUT2D eigenvalue weighted by Crippen LogP contribution is -2.07. The fraction of sp³-hybridized carbons (Fsp3) is 0.250. The molecule has 0 aliphatic carbocycles. The van der Waals surface area contributed by atoms with Crippen molar-refractivity contribution in [1.82, 2.24) is 0 Å². The molecule has 0 saturated carbocycles. The van der Waals surface area contributed by atoms with Crippen molar-refractivity contribution in [3.63, 3.8) is 0 Å². The summed E-state index contributed by atoms with van der Waals surface area (Å²) < 4.78 is 10.8. The molecule has 1 heterocycles. The van der Waals surface area contributed by atoms with Crippen LogP contribution in [0.4, 0.5) is 5.69 Å². The number of halogens is 1. The van der Waals surface area contributed by atoms with Gasteiger partial charge in [-0.1, -0.05) is 11.6 Å². The molecule has 1 atom stereocenters. The summed E-state index contributed by atoms with van der Waals surface area (Å²) in [4.78, 5) is 0. The van der Waals surface area contributed by atoms with Crippen molar-refractivity contribution in [2.45, 2.75) is 12.5 Å². The molecule has 1 unspecified atom stereocenters. The smallest absolute Gasteiger partial charge is 0.124 e. The van der Waals surface area contributed by atoms with Gasteiger partial charge in [0.2, 0.25) is 0 Å². The summed E-state index contributed by atoms with van der Waals surface area (Å²) in [5.41, 5.74) is 3.45. The standard InChI is InChI=1S/C16H16ClNO2/c1-19-12-4-6-16(20-2)13(9-12)15-8-10-7-11(17)3-5-14(10)18-15/h3-7,9,15,18H,8H2,1-2H3. The number of benzene rings is 2. The van der Waals surface area contributed by atoms with E-state index in [1.165, 1.54) is 5.56 Å². The molecule has 0 amide bonds. The van der Waals surface area contributed by atoms with E-state index in [9.17, 15) is 0 Å². The monoisotopic (exact) mass is 289 g/mol. The predicted octanol–water partition coefficient (Wildman–Crippen LogP) is 4.07. The summed E-state index contributed by atoms with van der Waals surface area (Å²) >= 11 is 6.05. The molecule has 104 valence electrons. The van der Waals surface area contributed by atoms with Crippen molar-refractivity contribution in [3.8, 4) is 11.5 Å². The second-order valence-corrected chi connectivity index (χ2v) is 5.25. The molecule has 0 aromatic heterocycles. The lowest BCUT2D eigenvalue weighted by Gasteiger charge is -2.16. The molecule has 0 bridgehead atoms. The zero-order chi connectivity index (χ0) is 14.1. The summed E-state index contributed by atoms with van der Waals surface area (Å²) in [5, 5.41) is 4.28. The van der Waals surface area contributed by atoms with Crippen molar-refractivity contribution in [2.75, 3.05) is 19.5 Å². The Labute approximate surface area is 123 Å². The normalized spacial score (nSPS) is 16.4. The number of anilines is 1. The van der Waals surface area contributed by atoms with Crippen molar-refractivity contribution in [2.24, 2.45) is 0 Å². The first kappa shape index (κ1) is 13.1. The van der Waals surface area contributed by atoms with Crippen LogP contribution in [0.2, 0.25) is 5.02 Å². The topological polar surface area (TPSA) is 30.5 Å². The van der Waals surface area contributed by atoms with E-state index >= 15 is 0 Å². The van der Waals surface area contributed by atoms with Crippen LogP contribution in [0.1, 0.15) is 17.2 Å². The maximum atomic E-state index is 6.05. The second-order valence-electron chi connectivity index (χ2n) is 4.81. The lowest BCUT2D eigenvalue weighted by atomic mass is 10.0. The van der Waals surface area contributed by atoms with E-state index in [0.717, 1.165) is 34.2 Å². The molecule has 3 rings (SSSR count). The number of hydrogen-bond donors (Lipinski definition) is 1. The van der Waals surface area contributed by atoms with E-state index in [4.69, 9.17) is 21.1 Å². The van der Waals surface area contributed by atoms with Crippen molar-refractivity contribution < 1.29 is 9.47 Å². The first-order valence-electron chi connectivity index (χ1n) is 6.48. The highest BCUT2D eigenvalue weighted by molar-refractivity contribution is 6.30. The van der Waals surface area contributed by atoms with Gasteiger partial charge in [0.15, 0.2) is 0 Å². The number of rotatable bonds is 3. The van der Waals surface area contributed by atoms with E-state index < -0.39 is 0 Å². The van der Waals surface area contributed by atoms with Gasteiger partial charge in [-0.15, -0.1) is 0 Å². The highest BCUT2D eigenvalue weighted by Gasteiger charge is 2.25. The third kappa shape index (κ3) is 2.29. The fourth-order valence-corrected chi connectivity index (χ4v) is 2.82. The first-order valence-corrected chi connectivity index (χ1v) is 6.86. The SMILES string of the molecule is COc1ccc(OC)c(C2Cc3cc(Cl)ccc3N2)c1. The average molecular weight is 290 g/mol. The zero-order valence-electron chi connectivity index (χ0n) is 11.4. The molecule has 2 aromatic carbocycles. The molecule has 2 aromatic rings. The summed E-state index contributed by atoms with van der Waals surface area (Å²) in [6, 6.07) is 12.0. The molecule has 1 aliphatic rings. The van der Waals surface area contributed by atoms with Gasteiger partial charge >= 0.3 is 0 Å². The maximum absolute atomic E-state index is 6.05. The number of ether oxygens (including phenoxy) is 2. The minimum absolute atomic E-state index is 0.175. The fourth-order valence-electron chi connectivity index (χ4n) is 2.63. The van der Waals surface area contributed by atoms with Gasteiger partial charge in [0.05, 0.1) is 20.3 Å². The number of hydrogen-bond acceptors (Lipinski definition) is 3. The van der Waals surface area contributed by atoms with Gasteiger partial charge in [-0.2, -0.15) is 0 Å². The number of methoxy groups -OCH3 is 2. The third-order valence-corrected chi connectivity index (χ3v) is 3.87. The Balaban J connectivity index is 1.95. The van der Waals surface area contributed by atoms with Gasteiger partial charge in [0, 0.05) is 16.3 Å². The highest BCUT2D eigenvalue weighted by Crippen LogP contribution is 2.39. The molecular formula is C16H16ClNO2. The molecule has 1 N–H and O–H groups in total. The molecule has 0 fully saturated rings. The first-order chi connectivity index (χ1) is 9.71. The Hall–Kier alpha value is -1.87. The Bertz CT molecular complexity index is 642. The summed E-state index contributed by atoms with van der Waals surface area (Å²) in [6.07, 6.45) is 0.888. The molecule has 4 heteroatoms. The van der Waals surface area contributed by atoms with E-state index in [-0.39, 0.29) is 6.04 Å². The molecule has 0 spiro atoms. The Morgan fingerprint density at radius 1 is 1.10 bits per heavy atom. The molecule has 0 saturated heterocycles. The van der Waals surface area contributed by atoms with E-state index in [1.807, 2.05) is 36.4 Å². The van der Waals surface area contributed by atoms with Crippen molar-refractivity contribution in [3.05, 3.63) is 52.5 Å². The number of nitrogens with one attached hydrogen (secondary N) is 1. The predicted molar refractivity (Wildman–Crippen MR) is 81.1 cm³/mol. The largest absolute Gasteiger partial charge is 0.497 e. The van der Waals surface area contributed by atoms with Crippen LogP contribution in [0.25, 0.3) is 0 Å². The van der Waals surface area contributed by atoms with E-state index in [0.29, 0.717) is 0 Å². The van der Waals surface area contributed by atoms with Gasteiger partial charge in [0.25, 0.3) is 0 Å². The van der Waals surface area contributed by atoms with Gasteiger partial charge < -0.3 is 14.8 Å². The lowest BCUT2D eigenvalue weighted by molar-refractivity contribution is 0.396. The molecule has 1 aliphatic heterocycles. The van der Waals surface area contributed by atoms with E-state index in [1.54, 1.807) is 14.2 Å². The minimum atomic E-state index is 0.175. The van der Waals surface area contributed by atoms with Crippen LogP contribution in [0.15, 0.2) is 36.4 Å². The zero-order valence-corrected chi connectivity index (χ0v) is 12.2. The molecular weight excluding hydrogens is 274 g/mol. The average Bonchev–Trinajstić information content (AvgIpc) is 2.89. The van der Waals surface area contributed by atoms with Gasteiger partial charge in [-0.25, -0.2) is 0 Å². The van der Waals surface area contributed by atoms with Crippen molar-refractivity contribution in [1.29, 1.82) is 0 Å². The second kappa shape index (κ2) is 5.25. The van der Waals surface area contributed by atoms with Crippen LogP contribution in [0, 0.1) is 0 Å². The van der Waals surface area contributed by atoms with Crippen LogP contribution in [-0.4, -0.2) is 14.2 Å². The summed E-state index contributed by atoms with van der Waals surface area (Å²) in [7, 11) is 3.35. The minimum Gasteiger partial charge on any atom is -0.497 e. The Morgan fingerprint density at radius 3 is 2.70 bits per heavy atom. The van der Waals surface area contributed by atoms with E-state index in [2.05, 4.69) is 5.32 Å². The molecule has 20 heavy (non-hydrogen) atoms. The van der Waals surface area contributed by atoms with Gasteiger partial charge in [-0.05, 0) is 48.4 Å². The molecule has 3 nitrogen and oxygen atoms in total. The Kier molecular flexibility index (Phi) is 3.45. The molecule has 0 radical (unpaired) electrons. The van der Waals surface area contributed by atoms with Crippen LogP contribution in [0.3, 0.4) is 0 Å². The number of fused-ring (bicyclic) bond motifs is 1. The van der Waals surface area contributed by atoms with Gasteiger partial charge in [0.1, 0.15) is 11.5 Å². The van der Waals surface area contributed by atoms with Crippen LogP contribution < -0.4 is 14.8 Å². The quantitative estimate of drug-likeness (QED) is 0.924. The van der Waals surface area contributed by atoms with Gasteiger partial charge in [-0.3, -0.25) is 0 Å². The third-order valence-electron chi connectivity index (χ3n) is 3.63.